The summed E-state index contributed by atoms with van der Waals surface area (Å²) in [5.74, 6) is 3.15. The lowest BCUT2D eigenvalue weighted by atomic mass is 10.1. The first-order valence-corrected chi connectivity index (χ1v) is 9.44. The SMILES string of the molecule is COc1ccc(CN(CCN(C)C)C2=NCCCS2)c(OC)c1OC. The van der Waals surface area contributed by atoms with Crippen molar-refractivity contribution in [3.8, 4) is 17.2 Å². The smallest absolute Gasteiger partial charge is 0.203 e. The standard InChI is InChI=1S/C18H29N3O3S/c1-20(2)10-11-21(18-19-9-6-12-25-18)13-14-7-8-15(22-3)17(24-5)16(14)23-4/h7-8H,6,9-13H2,1-5H3. The lowest BCUT2D eigenvalue weighted by molar-refractivity contribution is 0.308. The number of amidine groups is 1. The highest BCUT2D eigenvalue weighted by atomic mass is 32.2. The van der Waals surface area contributed by atoms with Crippen LogP contribution in [0.25, 0.3) is 0 Å². The average Bonchev–Trinajstić information content (AvgIpc) is 2.64. The highest BCUT2D eigenvalue weighted by Gasteiger charge is 2.21. The number of nitrogens with zero attached hydrogens (tertiary/aromatic N) is 3. The maximum absolute atomic E-state index is 5.63. The van der Waals surface area contributed by atoms with Crippen LogP contribution in [0.3, 0.4) is 0 Å². The van der Waals surface area contributed by atoms with Crippen molar-refractivity contribution in [2.75, 3.05) is 60.8 Å². The summed E-state index contributed by atoms with van der Waals surface area (Å²) in [6, 6.07) is 3.97. The second kappa shape index (κ2) is 9.77. The number of thioether (sulfide) groups is 1. The average molecular weight is 368 g/mol. The molecule has 1 aromatic carbocycles. The fraction of sp³-hybridized carbons (Fsp3) is 0.611. The van der Waals surface area contributed by atoms with Gasteiger partial charge in [0.05, 0.1) is 21.3 Å². The minimum atomic E-state index is 0.633. The van der Waals surface area contributed by atoms with Gasteiger partial charge in [0.15, 0.2) is 16.7 Å². The summed E-state index contributed by atoms with van der Waals surface area (Å²) in [5.41, 5.74) is 1.06. The Morgan fingerprint density at radius 3 is 2.36 bits per heavy atom. The van der Waals surface area contributed by atoms with Gasteiger partial charge in [0.1, 0.15) is 0 Å². The second-order valence-corrected chi connectivity index (χ2v) is 7.15. The van der Waals surface area contributed by atoms with E-state index in [-0.39, 0.29) is 0 Å². The van der Waals surface area contributed by atoms with E-state index in [1.807, 2.05) is 23.9 Å². The van der Waals surface area contributed by atoms with Crippen molar-refractivity contribution in [1.82, 2.24) is 9.80 Å². The van der Waals surface area contributed by atoms with E-state index < -0.39 is 0 Å². The lowest BCUT2D eigenvalue weighted by Gasteiger charge is -2.29. The molecular formula is C18H29N3O3S. The van der Waals surface area contributed by atoms with E-state index in [2.05, 4.69) is 23.9 Å². The van der Waals surface area contributed by atoms with Crippen LogP contribution in [0.1, 0.15) is 12.0 Å². The van der Waals surface area contributed by atoms with Gasteiger partial charge in [0, 0.05) is 37.5 Å². The van der Waals surface area contributed by atoms with Crippen molar-refractivity contribution in [2.24, 2.45) is 4.99 Å². The predicted octanol–water partition coefficient (Wildman–Crippen LogP) is 2.57. The second-order valence-electron chi connectivity index (χ2n) is 6.08. The van der Waals surface area contributed by atoms with E-state index in [0.717, 1.165) is 54.8 Å². The zero-order valence-electron chi connectivity index (χ0n) is 15.9. The summed E-state index contributed by atoms with van der Waals surface area (Å²) in [6.07, 6.45) is 1.15. The van der Waals surface area contributed by atoms with Crippen molar-refractivity contribution in [1.29, 1.82) is 0 Å². The molecule has 1 heterocycles. The van der Waals surface area contributed by atoms with Crippen LogP contribution in [0.2, 0.25) is 0 Å². The Labute approximate surface area is 155 Å². The third-order valence-corrected chi connectivity index (χ3v) is 5.15. The van der Waals surface area contributed by atoms with E-state index in [1.165, 1.54) is 0 Å². The van der Waals surface area contributed by atoms with Crippen LogP contribution in [0, 0.1) is 0 Å². The van der Waals surface area contributed by atoms with Crippen molar-refractivity contribution in [3.05, 3.63) is 17.7 Å². The summed E-state index contributed by atoms with van der Waals surface area (Å²) in [7, 11) is 9.11. The van der Waals surface area contributed by atoms with Crippen LogP contribution in [0.4, 0.5) is 0 Å². The van der Waals surface area contributed by atoms with Gasteiger partial charge in [-0.15, -0.1) is 0 Å². The molecule has 0 amide bonds. The summed E-state index contributed by atoms with van der Waals surface area (Å²) in [6.45, 7) is 3.51. The molecule has 2 rings (SSSR count). The number of methoxy groups -OCH3 is 3. The van der Waals surface area contributed by atoms with E-state index in [9.17, 15) is 0 Å². The number of hydrogen-bond donors (Lipinski definition) is 0. The van der Waals surface area contributed by atoms with Gasteiger partial charge >= 0.3 is 0 Å². The Morgan fingerprint density at radius 1 is 1.04 bits per heavy atom. The fourth-order valence-corrected chi connectivity index (χ4v) is 3.67. The van der Waals surface area contributed by atoms with Crippen LogP contribution >= 0.6 is 11.8 Å². The van der Waals surface area contributed by atoms with Crippen molar-refractivity contribution >= 4 is 16.9 Å². The normalized spacial score (nSPS) is 14.2. The summed E-state index contributed by atoms with van der Waals surface area (Å²) < 4.78 is 16.5. The molecular weight excluding hydrogens is 338 g/mol. The molecule has 0 spiro atoms. The van der Waals surface area contributed by atoms with Gasteiger partial charge in [-0.3, -0.25) is 4.99 Å². The van der Waals surface area contributed by atoms with Crippen LogP contribution in [0.15, 0.2) is 17.1 Å². The quantitative estimate of drug-likeness (QED) is 0.704. The number of benzene rings is 1. The number of rotatable bonds is 8. The van der Waals surface area contributed by atoms with Gasteiger partial charge in [-0.1, -0.05) is 11.8 Å². The Kier molecular flexibility index (Phi) is 7.71. The lowest BCUT2D eigenvalue weighted by Crippen LogP contribution is -2.36. The number of likely N-dealkylation sites (N-methyl/N-ethyl adjacent to an activating group) is 1. The van der Waals surface area contributed by atoms with E-state index in [0.29, 0.717) is 11.5 Å². The Balaban J connectivity index is 2.29. The molecule has 0 bridgehead atoms. The van der Waals surface area contributed by atoms with Crippen molar-refractivity contribution < 1.29 is 14.2 Å². The molecule has 7 heteroatoms. The maximum atomic E-state index is 5.63. The minimum absolute atomic E-state index is 0.633. The van der Waals surface area contributed by atoms with Crippen molar-refractivity contribution in [3.63, 3.8) is 0 Å². The van der Waals surface area contributed by atoms with Gasteiger partial charge in [-0.25, -0.2) is 0 Å². The van der Waals surface area contributed by atoms with Crippen LogP contribution in [-0.2, 0) is 6.54 Å². The maximum Gasteiger partial charge on any atom is 0.203 e. The summed E-state index contributed by atoms with van der Waals surface area (Å²) >= 11 is 1.83. The van der Waals surface area contributed by atoms with E-state index in [4.69, 9.17) is 19.2 Å². The van der Waals surface area contributed by atoms with Gasteiger partial charge in [-0.2, -0.15) is 0 Å². The largest absolute Gasteiger partial charge is 0.493 e. The summed E-state index contributed by atoms with van der Waals surface area (Å²) in [4.78, 5) is 9.24. The number of aliphatic imine (C=N–C) groups is 1. The predicted molar refractivity (Wildman–Crippen MR) is 104 cm³/mol. The molecule has 0 fully saturated rings. The summed E-state index contributed by atoms with van der Waals surface area (Å²) in [5, 5.41) is 1.12. The van der Waals surface area contributed by atoms with Gasteiger partial charge in [-0.05, 0) is 32.6 Å². The van der Waals surface area contributed by atoms with Crippen LogP contribution in [0.5, 0.6) is 17.2 Å². The topological polar surface area (TPSA) is 46.5 Å². The van der Waals surface area contributed by atoms with Gasteiger partial charge in [0.2, 0.25) is 5.75 Å². The molecule has 0 saturated carbocycles. The highest BCUT2D eigenvalue weighted by Crippen LogP contribution is 2.40. The van der Waals surface area contributed by atoms with Crippen LogP contribution < -0.4 is 14.2 Å². The molecule has 0 N–H and O–H groups in total. The number of ether oxygens (including phenoxy) is 3. The molecule has 0 atom stereocenters. The molecule has 0 radical (unpaired) electrons. The van der Waals surface area contributed by atoms with Gasteiger partial charge in [0.25, 0.3) is 0 Å². The van der Waals surface area contributed by atoms with Crippen molar-refractivity contribution in [2.45, 2.75) is 13.0 Å². The molecule has 1 aliphatic heterocycles. The molecule has 0 unspecified atom stereocenters. The molecule has 0 aromatic heterocycles. The molecule has 1 aliphatic rings. The van der Waals surface area contributed by atoms with E-state index >= 15 is 0 Å². The van der Waals surface area contributed by atoms with Crippen LogP contribution in [-0.4, -0.2) is 75.8 Å². The molecule has 25 heavy (non-hydrogen) atoms. The zero-order chi connectivity index (χ0) is 18.2. The Hall–Kier alpha value is -1.60. The first kappa shape index (κ1) is 19.7. The zero-order valence-corrected chi connectivity index (χ0v) is 16.7. The fourth-order valence-electron chi connectivity index (χ4n) is 2.70. The third kappa shape index (κ3) is 5.19. The molecule has 1 aromatic rings. The molecule has 140 valence electrons. The molecule has 0 aliphatic carbocycles. The molecule has 0 saturated heterocycles. The molecule has 6 nitrogen and oxygen atoms in total. The van der Waals surface area contributed by atoms with Gasteiger partial charge < -0.3 is 24.0 Å². The minimum Gasteiger partial charge on any atom is -0.493 e. The monoisotopic (exact) mass is 367 g/mol. The van der Waals surface area contributed by atoms with E-state index in [1.54, 1.807) is 21.3 Å². The third-order valence-electron chi connectivity index (χ3n) is 4.02. The Morgan fingerprint density at radius 2 is 1.80 bits per heavy atom. The highest BCUT2D eigenvalue weighted by molar-refractivity contribution is 8.13. The Bertz CT molecular complexity index is 593. The number of hydrogen-bond acceptors (Lipinski definition) is 7. The first-order valence-electron chi connectivity index (χ1n) is 8.45. The first-order chi connectivity index (χ1) is 12.1.